The Balaban J connectivity index is 2.09. The van der Waals surface area contributed by atoms with E-state index in [4.69, 9.17) is 5.73 Å². The average molecular weight is 296 g/mol. The van der Waals surface area contributed by atoms with Gasteiger partial charge in [-0.15, -0.1) is 11.3 Å². The SMILES string of the molecule is CCC(N)C(c1ccc(C)s1)N1CCC(C(C)O)CC1. The number of thiophene rings is 1. The van der Waals surface area contributed by atoms with Crippen LogP contribution in [0.25, 0.3) is 0 Å². The van der Waals surface area contributed by atoms with Gasteiger partial charge in [0.25, 0.3) is 0 Å². The Bertz CT molecular complexity index is 410. The van der Waals surface area contributed by atoms with Crippen molar-refractivity contribution in [1.82, 2.24) is 4.90 Å². The first-order valence-corrected chi connectivity index (χ1v) is 8.58. The Morgan fingerprint density at radius 2 is 2.05 bits per heavy atom. The maximum atomic E-state index is 9.74. The molecule has 20 heavy (non-hydrogen) atoms. The molecule has 3 atom stereocenters. The van der Waals surface area contributed by atoms with Crippen LogP contribution in [0.3, 0.4) is 0 Å². The number of aryl methyl sites for hydroxylation is 1. The zero-order valence-corrected chi connectivity index (χ0v) is 13.7. The van der Waals surface area contributed by atoms with Crippen LogP contribution in [-0.2, 0) is 0 Å². The average Bonchev–Trinajstić information content (AvgIpc) is 2.85. The van der Waals surface area contributed by atoms with E-state index in [-0.39, 0.29) is 12.1 Å². The summed E-state index contributed by atoms with van der Waals surface area (Å²) in [5.74, 6) is 0.454. The highest BCUT2D eigenvalue weighted by molar-refractivity contribution is 7.12. The molecule has 1 aromatic heterocycles. The van der Waals surface area contributed by atoms with Crippen molar-refractivity contribution in [3.8, 4) is 0 Å². The Kier molecular flexibility index (Phi) is 5.61. The molecule has 1 aromatic rings. The quantitative estimate of drug-likeness (QED) is 0.878. The number of aliphatic hydroxyl groups is 1. The van der Waals surface area contributed by atoms with Gasteiger partial charge in [0.1, 0.15) is 0 Å². The van der Waals surface area contributed by atoms with Crippen molar-refractivity contribution in [2.45, 2.75) is 58.2 Å². The number of likely N-dealkylation sites (tertiary alicyclic amines) is 1. The van der Waals surface area contributed by atoms with Crippen molar-refractivity contribution < 1.29 is 5.11 Å². The molecule has 0 radical (unpaired) electrons. The summed E-state index contributed by atoms with van der Waals surface area (Å²) < 4.78 is 0. The largest absolute Gasteiger partial charge is 0.393 e. The van der Waals surface area contributed by atoms with E-state index in [0.717, 1.165) is 32.4 Å². The van der Waals surface area contributed by atoms with Gasteiger partial charge < -0.3 is 10.8 Å². The second kappa shape index (κ2) is 7.03. The molecule has 0 aliphatic carbocycles. The zero-order chi connectivity index (χ0) is 14.7. The predicted octanol–water partition coefficient (Wildman–Crippen LogP) is 2.93. The molecular formula is C16H28N2OS. The Labute approximate surface area is 126 Å². The van der Waals surface area contributed by atoms with Crippen LogP contribution in [0.5, 0.6) is 0 Å². The Morgan fingerprint density at radius 1 is 1.40 bits per heavy atom. The minimum absolute atomic E-state index is 0.181. The molecule has 0 amide bonds. The van der Waals surface area contributed by atoms with Gasteiger partial charge in [0.2, 0.25) is 0 Å². The highest BCUT2D eigenvalue weighted by Gasteiger charge is 2.31. The van der Waals surface area contributed by atoms with Crippen molar-refractivity contribution in [2.24, 2.45) is 11.7 Å². The fraction of sp³-hybridized carbons (Fsp3) is 0.750. The van der Waals surface area contributed by atoms with Crippen molar-refractivity contribution in [2.75, 3.05) is 13.1 Å². The van der Waals surface area contributed by atoms with Gasteiger partial charge in [-0.3, -0.25) is 4.90 Å². The number of aliphatic hydroxyl groups excluding tert-OH is 1. The van der Waals surface area contributed by atoms with Crippen LogP contribution in [-0.4, -0.2) is 35.2 Å². The third kappa shape index (κ3) is 3.61. The first-order valence-electron chi connectivity index (χ1n) is 7.77. The lowest BCUT2D eigenvalue weighted by Crippen LogP contribution is -2.45. The lowest BCUT2D eigenvalue weighted by molar-refractivity contribution is 0.0503. The van der Waals surface area contributed by atoms with Gasteiger partial charge in [-0.25, -0.2) is 0 Å². The molecule has 2 heterocycles. The van der Waals surface area contributed by atoms with Gasteiger partial charge in [-0.05, 0) is 64.3 Å². The van der Waals surface area contributed by atoms with Crippen LogP contribution in [0.15, 0.2) is 12.1 Å². The molecule has 3 unspecified atom stereocenters. The van der Waals surface area contributed by atoms with Crippen LogP contribution < -0.4 is 5.73 Å². The molecular weight excluding hydrogens is 268 g/mol. The molecule has 0 spiro atoms. The lowest BCUT2D eigenvalue weighted by Gasteiger charge is -2.40. The van der Waals surface area contributed by atoms with Crippen LogP contribution in [0.4, 0.5) is 0 Å². The molecule has 4 heteroatoms. The van der Waals surface area contributed by atoms with Gasteiger partial charge in [0, 0.05) is 15.8 Å². The molecule has 2 rings (SSSR count). The first kappa shape index (κ1) is 16.0. The van der Waals surface area contributed by atoms with Crippen LogP contribution >= 0.6 is 11.3 Å². The lowest BCUT2D eigenvalue weighted by atomic mass is 9.90. The van der Waals surface area contributed by atoms with Crippen molar-refractivity contribution in [3.05, 3.63) is 21.9 Å². The summed E-state index contributed by atoms with van der Waals surface area (Å²) in [4.78, 5) is 5.28. The molecule has 0 bridgehead atoms. The summed E-state index contributed by atoms with van der Waals surface area (Å²) in [5, 5.41) is 9.74. The van der Waals surface area contributed by atoms with E-state index in [1.165, 1.54) is 9.75 Å². The van der Waals surface area contributed by atoms with Gasteiger partial charge in [-0.1, -0.05) is 6.92 Å². The summed E-state index contributed by atoms with van der Waals surface area (Å²) in [5.41, 5.74) is 6.40. The second-order valence-electron chi connectivity index (χ2n) is 6.08. The molecule has 0 aromatic carbocycles. The van der Waals surface area contributed by atoms with E-state index in [1.54, 1.807) is 0 Å². The van der Waals surface area contributed by atoms with E-state index in [2.05, 4.69) is 30.9 Å². The third-order valence-corrected chi connectivity index (χ3v) is 5.65. The summed E-state index contributed by atoms with van der Waals surface area (Å²) >= 11 is 1.87. The molecule has 1 fully saturated rings. The second-order valence-corrected chi connectivity index (χ2v) is 7.40. The molecule has 114 valence electrons. The first-order chi connectivity index (χ1) is 9.52. The highest BCUT2D eigenvalue weighted by atomic mass is 32.1. The maximum absolute atomic E-state index is 9.74. The number of piperidine rings is 1. The smallest absolute Gasteiger partial charge is 0.0593 e. The number of rotatable bonds is 5. The third-order valence-electron chi connectivity index (χ3n) is 4.58. The van der Waals surface area contributed by atoms with Gasteiger partial charge in [0.05, 0.1) is 12.1 Å². The minimum atomic E-state index is -0.181. The van der Waals surface area contributed by atoms with Gasteiger partial charge in [-0.2, -0.15) is 0 Å². The summed E-state index contributed by atoms with van der Waals surface area (Å²) in [6.07, 6.45) is 2.97. The molecule has 0 saturated carbocycles. The number of hydrogen-bond acceptors (Lipinski definition) is 4. The van der Waals surface area contributed by atoms with E-state index in [1.807, 2.05) is 18.3 Å². The highest BCUT2D eigenvalue weighted by Crippen LogP contribution is 2.34. The number of nitrogens with two attached hydrogens (primary N) is 1. The van der Waals surface area contributed by atoms with Crippen LogP contribution in [0, 0.1) is 12.8 Å². The molecule has 3 N–H and O–H groups in total. The predicted molar refractivity (Wildman–Crippen MR) is 86.0 cm³/mol. The molecule has 3 nitrogen and oxygen atoms in total. The van der Waals surface area contributed by atoms with E-state index < -0.39 is 0 Å². The zero-order valence-electron chi connectivity index (χ0n) is 12.9. The van der Waals surface area contributed by atoms with Crippen LogP contribution in [0.2, 0.25) is 0 Å². The molecule has 1 aliphatic rings. The monoisotopic (exact) mass is 296 g/mol. The van der Waals surface area contributed by atoms with E-state index in [9.17, 15) is 5.11 Å². The van der Waals surface area contributed by atoms with Crippen LogP contribution in [0.1, 0.15) is 48.9 Å². The molecule has 1 saturated heterocycles. The number of nitrogens with zero attached hydrogens (tertiary/aromatic N) is 1. The minimum Gasteiger partial charge on any atom is -0.393 e. The maximum Gasteiger partial charge on any atom is 0.0593 e. The van der Waals surface area contributed by atoms with Gasteiger partial charge >= 0.3 is 0 Å². The Morgan fingerprint density at radius 3 is 2.50 bits per heavy atom. The summed E-state index contributed by atoms with van der Waals surface area (Å²) in [6.45, 7) is 8.33. The van der Waals surface area contributed by atoms with Crippen molar-refractivity contribution in [3.63, 3.8) is 0 Å². The standard InChI is InChI=1S/C16H28N2OS/c1-4-14(17)16(15-6-5-11(2)20-15)18-9-7-13(8-10-18)12(3)19/h5-6,12-14,16,19H,4,7-10,17H2,1-3H3. The van der Waals surface area contributed by atoms with Gasteiger partial charge in [0.15, 0.2) is 0 Å². The van der Waals surface area contributed by atoms with E-state index in [0.29, 0.717) is 12.0 Å². The summed E-state index contributed by atoms with van der Waals surface area (Å²) in [6, 6.07) is 4.96. The number of hydrogen-bond donors (Lipinski definition) is 2. The topological polar surface area (TPSA) is 49.5 Å². The fourth-order valence-corrected chi connectivity index (χ4v) is 4.27. The van der Waals surface area contributed by atoms with Crippen molar-refractivity contribution in [1.29, 1.82) is 0 Å². The summed E-state index contributed by atoms with van der Waals surface area (Å²) in [7, 11) is 0. The fourth-order valence-electron chi connectivity index (χ4n) is 3.18. The molecule has 1 aliphatic heterocycles. The van der Waals surface area contributed by atoms with Crippen molar-refractivity contribution >= 4 is 11.3 Å². The normalized spacial score (nSPS) is 22.6. The Hall–Kier alpha value is -0.420. The van der Waals surface area contributed by atoms with E-state index >= 15 is 0 Å².